The number of halogens is 3. The summed E-state index contributed by atoms with van der Waals surface area (Å²) >= 11 is 6.79. The van der Waals surface area contributed by atoms with Crippen LogP contribution < -0.4 is 0 Å². The summed E-state index contributed by atoms with van der Waals surface area (Å²) in [4.78, 5) is 18.0. The Morgan fingerprint density at radius 1 is 1.08 bits per heavy atom. The Morgan fingerprint density at radius 2 is 1.81 bits per heavy atom. The molecule has 3 aromatic rings. The molecular formula is C28H34Br2FN5O. The van der Waals surface area contributed by atoms with Crippen LogP contribution in [-0.4, -0.2) is 56.9 Å². The number of piperazine rings is 1. The molecule has 0 N–H and O–H groups in total. The van der Waals surface area contributed by atoms with Gasteiger partial charge in [-0.15, -0.1) is 5.10 Å². The second-order valence-corrected chi connectivity index (χ2v) is 12.4. The summed E-state index contributed by atoms with van der Waals surface area (Å²) < 4.78 is 16.7. The summed E-state index contributed by atoms with van der Waals surface area (Å²) in [5.74, 6) is 0.359. The van der Waals surface area contributed by atoms with E-state index in [0.29, 0.717) is 23.5 Å². The summed E-state index contributed by atoms with van der Waals surface area (Å²) in [6.07, 6.45) is 3.53. The predicted molar refractivity (Wildman–Crippen MR) is 151 cm³/mol. The number of aromatic nitrogens is 3. The normalized spacial score (nSPS) is 15.8. The Morgan fingerprint density at radius 3 is 2.46 bits per heavy atom. The smallest absolute Gasteiger partial charge is 0.226 e. The van der Waals surface area contributed by atoms with Crippen molar-refractivity contribution < 1.29 is 9.18 Å². The molecule has 198 valence electrons. The zero-order valence-electron chi connectivity index (χ0n) is 21.8. The zero-order valence-corrected chi connectivity index (χ0v) is 25.0. The first-order valence-electron chi connectivity index (χ1n) is 12.7. The van der Waals surface area contributed by atoms with Crippen molar-refractivity contribution in [1.82, 2.24) is 24.8 Å². The predicted octanol–water partition coefficient (Wildman–Crippen LogP) is 6.22. The monoisotopic (exact) mass is 633 g/mol. The summed E-state index contributed by atoms with van der Waals surface area (Å²) in [5, 5.41) is 8.73. The Labute approximate surface area is 235 Å². The Balaban J connectivity index is 1.42. The van der Waals surface area contributed by atoms with Crippen LogP contribution >= 0.6 is 31.9 Å². The van der Waals surface area contributed by atoms with Crippen LogP contribution in [0.3, 0.4) is 0 Å². The molecule has 2 aromatic carbocycles. The molecule has 1 aliphatic heterocycles. The van der Waals surface area contributed by atoms with Crippen molar-refractivity contribution in [2.24, 2.45) is 11.8 Å². The van der Waals surface area contributed by atoms with Gasteiger partial charge in [0.1, 0.15) is 11.5 Å². The highest BCUT2D eigenvalue weighted by atomic mass is 79.9. The van der Waals surface area contributed by atoms with Crippen LogP contribution in [-0.2, 0) is 16.8 Å². The minimum Gasteiger partial charge on any atom is -0.340 e. The lowest BCUT2D eigenvalue weighted by atomic mass is 9.89. The molecule has 1 amide bonds. The topological polar surface area (TPSA) is 54.3 Å². The van der Waals surface area contributed by atoms with Gasteiger partial charge in [-0.25, -0.2) is 9.07 Å². The number of rotatable bonds is 8. The standard InChI is InChI=1S/C28H34Br2FN5O/c1-19(2)14-21(15-20-6-5-7-22(29)16-20)27(37)34-10-12-35(13-11-34)28(3,4)26-18-36(33-32-26)23-8-9-25(31)24(30)17-23/h5-9,16-19,21H,10-15H2,1-4H3. The van der Waals surface area contributed by atoms with Crippen molar-refractivity contribution in [3.8, 4) is 5.69 Å². The maximum Gasteiger partial charge on any atom is 0.226 e. The van der Waals surface area contributed by atoms with Gasteiger partial charge in [0.2, 0.25) is 5.91 Å². The maximum absolute atomic E-state index is 13.6. The maximum atomic E-state index is 13.6. The zero-order chi connectivity index (χ0) is 26.7. The number of nitrogens with zero attached hydrogens (tertiary/aromatic N) is 5. The fourth-order valence-corrected chi connectivity index (χ4v) is 5.81. The molecule has 1 atom stereocenters. The van der Waals surface area contributed by atoms with Crippen LogP contribution in [0.1, 0.15) is 45.4 Å². The molecule has 0 saturated carbocycles. The van der Waals surface area contributed by atoms with Gasteiger partial charge in [0.25, 0.3) is 0 Å². The SMILES string of the molecule is CC(C)CC(Cc1cccc(Br)c1)C(=O)N1CCN(C(C)(C)c2cn(-c3ccc(F)c(Br)c3)nn2)CC1. The molecule has 9 heteroatoms. The molecule has 0 bridgehead atoms. The quantitative estimate of drug-likeness (QED) is 0.295. The Hall–Kier alpha value is -2.10. The van der Waals surface area contributed by atoms with Crippen LogP contribution in [0.5, 0.6) is 0 Å². The van der Waals surface area contributed by atoms with Crippen LogP contribution in [0.2, 0.25) is 0 Å². The van der Waals surface area contributed by atoms with E-state index in [1.807, 2.05) is 23.2 Å². The van der Waals surface area contributed by atoms with Gasteiger partial charge >= 0.3 is 0 Å². The van der Waals surface area contributed by atoms with Gasteiger partial charge < -0.3 is 4.90 Å². The molecule has 4 rings (SSSR count). The van der Waals surface area contributed by atoms with E-state index >= 15 is 0 Å². The van der Waals surface area contributed by atoms with Gasteiger partial charge in [0, 0.05) is 36.6 Å². The molecule has 1 unspecified atom stereocenters. The number of carbonyl (C=O) groups excluding carboxylic acids is 1. The molecule has 2 heterocycles. The highest BCUT2D eigenvalue weighted by Gasteiger charge is 2.36. The lowest BCUT2D eigenvalue weighted by Crippen LogP contribution is -2.55. The van der Waals surface area contributed by atoms with E-state index in [-0.39, 0.29) is 23.2 Å². The van der Waals surface area contributed by atoms with Crippen molar-refractivity contribution in [3.63, 3.8) is 0 Å². The van der Waals surface area contributed by atoms with Crippen molar-refractivity contribution >= 4 is 37.8 Å². The van der Waals surface area contributed by atoms with E-state index in [1.165, 1.54) is 11.6 Å². The van der Waals surface area contributed by atoms with Crippen LogP contribution in [0.4, 0.5) is 4.39 Å². The summed E-state index contributed by atoms with van der Waals surface area (Å²) in [6, 6.07) is 13.0. The van der Waals surface area contributed by atoms with E-state index in [9.17, 15) is 9.18 Å². The first-order valence-corrected chi connectivity index (χ1v) is 14.3. The molecule has 1 fully saturated rings. The average Bonchev–Trinajstić information content (AvgIpc) is 3.36. The van der Waals surface area contributed by atoms with Gasteiger partial charge in [-0.1, -0.05) is 47.1 Å². The fourth-order valence-electron chi connectivity index (χ4n) is 4.99. The molecule has 6 nitrogen and oxygen atoms in total. The fraction of sp³-hybridized carbons (Fsp3) is 0.464. The minimum atomic E-state index is -0.363. The number of carbonyl (C=O) groups is 1. The van der Waals surface area contributed by atoms with E-state index in [1.54, 1.807) is 16.8 Å². The van der Waals surface area contributed by atoms with Gasteiger partial charge in [-0.2, -0.15) is 0 Å². The first-order chi connectivity index (χ1) is 17.5. The summed E-state index contributed by atoms with van der Waals surface area (Å²) in [5.41, 5.74) is 2.39. The van der Waals surface area contributed by atoms with Gasteiger partial charge in [-0.05, 0) is 84.4 Å². The van der Waals surface area contributed by atoms with Crippen LogP contribution in [0.15, 0.2) is 57.6 Å². The second-order valence-electron chi connectivity index (χ2n) is 10.7. The van der Waals surface area contributed by atoms with Crippen molar-refractivity contribution in [2.45, 2.75) is 46.1 Å². The number of amides is 1. The highest BCUT2D eigenvalue weighted by molar-refractivity contribution is 9.10. The van der Waals surface area contributed by atoms with Gasteiger partial charge in [0.15, 0.2) is 0 Å². The van der Waals surface area contributed by atoms with Gasteiger partial charge in [0.05, 0.1) is 21.9 Å². The second kappa shape index (κ2) is 11.7. The largest absolute Gasteiger partial charge is 0.340 e. The highest BCUT2D eigenvalue weighted by Crippen LogP contribution is 2.29. The molecule has 1 saturated heterocycles. The summed E-state index contributed by atoms with van der Waals surface area (Å²) in [7, 11) is 0. The first kappa shape index (κ1) is 27.9. The average molecular weight is 635 g/mol. The number of benzene rings is 2. The van der Waals surface area contributed by atoms with Crippen LogP contribution in [0.25, 0.3) is 5.69 Å². The van der Waals surface area contributed by atoms with Crippen LogP contribution in [0, 0.1) is 17.7 Å². The van der Waals surface area contributed by atoms with Gasteiger partial charge in [-0.3, -0.25) is 9.69 Å². The molecule has 0 radical (unpaired) electrons. The third-order valence-corrected chi connectivity index (χ3v) is 8.25. The van der Waals surface area contributed by atoms with E-state index in [4.69, 9.17) is 0 Å². The molecule has 0 spiro atoms. The third-order valence-electron chi connectivity index (χ3n) is 7.15. The molecular weight excluding hydrogens is 601 g/mol. The molecule has 1 aliphatic rings. The lowest BCUT2D eigenvalue weighted by molar-refractivity contribution is -0.138. The van der Waals surface area contributed by atoms with E-state index in [0.717, 1.165) is 41.8 Å². The van der Waals surface area contributed by atoms with Crippen molar-refractivity contribution in [2.75, 3.05) is 26.2 Å². The summed E-state index contributed by atoms with van der Waals surface area (Å²) in [6.45, 7) is 11.5. The number of hydrogen-bond acceptors (Lipinski definition) is 4. The van der Waals surface area contributed by atoms with Crippen molar-refractivity contribution in [1.29, 1.82) is 0 Å². The molecule has 0 aliphatic carbocycles. The molecule has 1 aromatic heterocycles. The van der Waals surface area contributed by atoms with E-state index < -0.39 is 0 Å². The Kier molecular flexibility index (Phi) is 8.86. The van der Waals surface area contributed by atoms with Crippen molar-refractivity contribution in [3.05, 3.63) is 74.7 Å². The van der Waals surface area contributed by atoms with E-state index in [2.05, 4.69) is 86.9 Å². The number of hydrogen-bond donors (Lipinski definition) is 0. The minimum absolute atomic E-state index is 0.0243. The third kappa shape index (κ3) is 6.67. The molecule has 37 heavy (non-hydrogen) atoms. The Bertz CT molecular complexity index is 1240. The lowest BCUT2D eigenvalue weighted by Gasteiger charge is -2.43.